The van der Waals surface area contributed by atoms with Gasteiger partial charge in [0.2, 0.25) is 0 Å². The molecule has 1 unspecified atom stereocenters. The van der Waals surface area contributed by atoms with Crippen LogP contribution in [-0.2, 0) is 28.6 Å². The van der Waals surface area contributed by atoms with E-state index in [-0.39, 0.29) is 31.1 Å². The molecule has 0 fully saturated rings. The maximum Gasteiger partial charge on any atom is 0.306 e. The predicted octanol–water partition coefficient (Wildman–Crippen LogP) is 25.1. The number of unbranched alkanes of at least 4 members (excludes halogenated alkanes) is 51. The highest BCUT2D eigenvalue weighted by Crippen LogP contribution is 2.19. The van der Waals surface area contributed by atoms with Gasteiger partial charge in [-0.1, -0.05) is 346 Å². The molecule has 0 saturated carbocycles. The normalized spacial score (nSPS) is 12.2. The van der Waals surface area contributed by atoms with Gasteiger partial charge in [-0.25, -0.2) is 0 Å². The van der Waals surface area contributed by atoms with Gasteiger partial charge in [-0.05, 0) is 77.0 Å². The molecule has 0 aliphatic heterocycles. The van der Waals surface area contributed by atoms with E-state index in [1.807, 2.05) is 0 Å². The third-order valence-electron chi connectivity index (χ3n) is 16.6. The molecular formula is C75H140O6. The van der Waals surface area contributed by atoms with Gasteiger partial charge in [-0.15, -0.1) is 0 Å². The fraction of sp³-hybridized carbons (Fsp3) is 0.880. The first-order valence-corrected chi connectivity index (χ1v) is 36.5. The smallest absolute Gasteiger partial charge is 0.306 e. The second kappa shape index (κ2) is 70.1. The summed E-state index contributed by atoms with van der Waals surface area (Å²) in [4.78, 5) is 38.3. The number of carbonyl (C=O) groups excluding carboxylic acids is 3. The molecule has 0 aliphatic carbocycles. The van der Waals surface area contributed by atoms with Crippen molar-refractivity contribution in [2.24, 2.45) is 0 Å². The molecule has 1 atom stereocenters. The first-order chi connectivity index (χ1) is 40.0. The van der Waals surface area contributed by atoms with Crippen molar-refractivity contribution in [1.82, 2.24) is 0 Å². The van der Waals surface area contributed by atoms with Crippen LogP contribution in [0.3, 0.4) is 0 Å². The van der Waals surface area contributed by atoms with Gasteiger partial charge in [0.1, 0.15) is 13.2 Å². The van der Waals surface area contributed by atoms with Crippen molar-refractivity contribution in [1.29, 1.82) is 0 Å². The number of allylic oxidation sites excluding steroid dienone is 6. The first-order valence-electron chi connectivity index (χ1n) is 36.5. The van der Waals surface area contributed by atoms with E-state index in [2.05, 4.69) is 57.2 Å². The van der Waals surface area contributed by atoms with E-state index >= 15 is 0 Å². The lowest BCUT2D eigenvalue weighted by Crippen LogP contribution is -2.30. The maximum atomic E-state index is 12.9. The Bertz CT molecular complexity index is 1350. The molecule has 0 bridgehead atoms. The zero-order valence-electron chi connectivity index (χ0n) is 54.8. The van der Waals surface area contributed by atoms with Gasteiger partial charge >= 0.3 is 17.9 Å². The standard InChI is InChI=1S/C75H140O6/c1-4-7-10-13-16-19-22-25-27-29-30-31-32-33-34-35-36-37-38-39-40-41-42-43-44-45-46-47-49-50-53-56-59-62-65-68-74(77)80-71-72(70-79-73(76)67-64-61-58-55-52-24-21-18-15-12-9-6-3)81-75(78)69-66-63-60-57-54-51-48-28-26-23-20-17-14-11-8-5-2/h20,23,28-30,48,72H,4-19,21-22,24-27,31-47,49-71H2,1-3H3/b23-20-,30-29-,48-28-. The fourth-order valence-corrected chi connectivity index (χ4v) is 11.1. The lowest BCUT2D eigenvalue weighted by molar-refractivity contribution is -0.167. The van der Waals surface area contributed by atoms with Crippen LogP contribution in [0.2, 0.25) is 0 Å². The van der Waals surface area contributed by atoms with E-state index in [1.54, 1.807) is 0 Å². The van der Waals surface area contributed by atoms with Crippen molar-refractivity contribution in [2.75, 3.05) is 13.2 Å². The highest BCUT2D eigenvalue weighted by atomic mass is 16.6. The Morgan fingerprint density at radius 3 is 0.704 bits per heavy atom. The summed E-state index contributed by atoms with van der Waals surface area (Å²) in [5.74, 6) is -0.859. The molecule has 0 aliphatic rings. The molecule has 0 aromatic heterocycles. The average molecular weight is 1140 g/mol. The van der Waals surface area contributed by atoms with Crippen LogP contribution in [0, 0.1) is 0 Å². The average Bonchev–Trinajstić information content (AvgIpc) is 3.47. The van der Waals surface area contributed by atoms with Crippen LogP contribution in [0.4, 0.5) is 0 Å². The van der Waals surface area contributed by atoms with Crippen molar-refractivity contribution in [3.63, 3.8) is 0 Å². The van der Waals surface area contributed by atoms with Crippen molar-refractivity contribution < 1.29 is 28.6 Å². The Balaban J connectivity index is 4.04. The number of carbonyl (C=O) groups is 3. The van der Waals surface area contributed by atoms with Crippen molar-refractivity contribution in [2.45, 2.75) is 412 Å². The Hall–Kier alpha value is -2.37. The van der Waals surface area contributed by atoms with Crippen LogP contribution in [-0.4, -0.2) is 37.2 Å². The van der Waals surface area contributed by atoms with E-state index in [4.69, 9.17) is 14.2 Å². The topological polar surface area (TPSA) is 78.9 Å². The largest absolute Gasteiger partial charge is 0.462 e. The molecule has 6 nitrogen and oxygen atoms in total. The Kier molecular flexibility index (Phi) is 68.1. The first kappa shape index (κ1) is 78.6. The van der Waals surface area contributed by atoms with Gasteiger partial charge in [-0.2, -0.15) is 0 Å². The van der Waals surface area contributed by atoms with Crippen molar-refractivity contribution in [3.05, 3.63) is 36.5 Å². The molecule has 0 rings (SSSR count). The van der Waals surface area contributed by atoms with Crippen LogP contribution >= 0.6 is 0 Å². The highest BCUT2D eigenvalue weighted by Gasteiger charge is 2.19. The molecule has 0 saturated heterocycles. The molecule has 0 amide bonds. The Morgan fingerprint density at radius 1 is 0.247 bits per heavy atom. The summed E-state index contributed by atoms with van der Waals surface area (Å²) in [6.07, 6.45) is 87.8. The minimum absolute atomic E-state index is 0.0722. The number of esters is 3. The highest BCUT2D eigenvalue weighted by molar-refractivity contribution is 5.71. The van der Waals surface area contributed by atoms with Gasteiger partial charge in [0, 0.05) is 19.3 Å². The minimum atomic E-state index is -0.776. The monoisotopic (exact) mass is 1140 g/mol. The van der Waals surface area contributed by atoms with Crippen LogP contribution in [0.5, 0.6) is 0 Å². The summed E-state index contributed by atoms with van der Waals surface area (Å²) >= 11 is 0. The van der Waals surface area contributed by atoms with Crippen LogP contribution < -0.4 is 0 Å². The van der Waals surface area contributed by atoms with E-state index < -0.39 is 6.10 Å². The van der Waals surface area contributed by atoms with Gasteiger partial charge in [0.25, 0.3) is 0 Å². The predicted molar refractivity (Wildman–Crippen MR) is 353 cm³/mol. The van der Waals surface area contributed by atoms with Crippen molar-refractivity contribution in [3.8, 4) is 0 Å². The molecule has 0 heterocycles. The van der Waals surface area contributed by atoms with E-state index in [9.17, 15) is 14.4 Å². The van der Waals surface area contributed by atoms with E-state index in [0.29, 0.717) is 19.3 Å². The summed E-state index contributed by atoms with van der Waals surface area (Å²) in [5, 5.41) is 0. The molecule has 0 spiro atoms. The quantitative estimate of drug-likeness (QED) is 0.0261. The molecule has 476 valence electrons. The SMILES string of the molecule is CCCCCC/C=C\C/C=C\CCCCCCCC(=O)OC(COC(=O)CCCCCCCCCCCCCC)COC(=O)CCCCCCCCCCCCCCCCCCCCCCCCC/C=C\CCCCCCCCCC. The lowest BCUT2D eigenvalue weighted by Gasteiger charge is -2.18. The zero-order chi connectivity index (χ0) is 58.5. The van der Waals surface area contributed by atoms with Gasteiger partial charge in [0.05, 0.1) is 0 Å². The van der Waals surface area contributed by atoms with Crippen LogP contribution in [0.25, 0.3) is 0 Å². The molecular weight excluding hydrogens is 997 g/mol. The molecule has 6 heteroatoms. The Morgan fingerprint density at radius 2 is 0.444 bits per heavy atom. The maximum absolute atomic E-state index is 12.9. The third-order valence-corrected chi connectivity index (χ3v) is 16.6. The third kappa shape index (κ3) is 68.3. The second-order valence-corrected chi connectivity index (χ2v) is 24.9. The van der Waals surface area contributed by atoms with Crippen LogP contribution in [0.15, 0.2) is 36.5 Å². The molecule has 0 radical (unpaired) electrons. The summed E-state index contributed by atoms with van der Waals surface area (Å²) in [6.45, 7) is 6.67. The van der Waals surface area contributed by atoms with Crippen molar-refractivity contribution >= 4 is 17.9 Å². The Labute approximate surface area is 506 Å². The number of ether oxygens (including phenoxy) is 3. The summed E-state index contributed by atoms with van der Waals surface area (Å²) in [5.41, 5.74) is 0. The summed E-state index contributed by atoms with van der Waals surface area (Å²) in [6, 6.07) is 0. The molecule has 0 aromatic carbocycles. The summed E-state index contributed by atoms with van der Waals surface area (Å²) < 4.78 is 16.9. The fourth-order valence-electron chi connectivity index (χ4n) is 11.1. The molecule has 0 aromatic rings. The number of hydrogen-bond acceptors (Lipinski definition) is 6. The van der Waals surface area contributed by atoms with E-state index in [0.717, 1.165) is 77.0 Å². The second-order valence-electron chi connectivity index (χ2n) is 24.9. The number of rotatable bonds is 68. The molecule has 0 N–H and O–H groups in total. The van der Waals surface area contributed by atoms with Crippen LogP contribution in [0.1, 0.15) is 406 Å². The van der Waals surface area contributed by atoms with E-state index in [1.165, 1.54) is 289 Å². The van der Waals surface area contributed by atoms with Gasteiger partial charge < -0.3 is 14.2 Å². The lowest BCUT2D eigenvalue weighted by atomic mass is 10.0. The minimum Gasteiger partial charge on any atom is -0.462 e. The summed E-state index contributed by atoms with van der Waals surface area (Å²) in [7, 11) is 0. The van der Waals surface area contributed by atoms with Gasteiger partial charge in [-0.3, -0.25) is 14.4 Å². The number of hydrogen-bond donors (Lipinski definition) is 0. The zero-order valence-corrected chi connectivity index (χ0v) is 54.8. The van der Waals surface area contributed by atoms with Gasteiger partial charge in [0.15, 0.2) is 6.10 Å². The molecule has 81 heavy (non-hydrogen) atoms.